The first-order chi connectivity index (χ1) is 13.9. The Balaban J connectivity index is 1.51. The Labute approximate surface area is 170 Å². The zero-order valence-corrected chi connectivity index (χ0v) is 16.7. The van der Waals surface area contributed by atoms with Gasteiger partial charge in [-0.3, -0.25) is 4.79 Å². The Kier molecular flexibility index (Phi) is 7.13. The van der Waals surface area contributed by atoms with E-state index in [2.05, 4.69) is 5.32 Å². The second-order valence-corrected chi connectivity index (χ2v) is 8.52. The lowest BCUT2D eigenvalue weighted by atomic mass is 10.1. The minimum atomic E-state index is -3.52. The van der Waals surface area contributed by atoms with Crippen LogP contribution in [0, 0.1) is 5.82 Å². The van der Waals surface area contributed by atoms with Crippen LogP contribution in [-0.2, 0) is 26.0 Å². The van der Waals surface area contributed by atoms with Crippen molar-refractivity contribution in [1.29, 1.82) is 0 Å². The van der Waals surface area contributed by atoms with E-state index < -0.39 is 10.0 Å². The summed E-state index contributed by atoms with van der Waals surface area (Å²) in [5.74, 6) is -0.540. The van der Waals surface area contributed by atoms with Crippen molar-refractivity contribution in [2.24, 2.45) is 0 Å². The smallest absolute Gasteiger partial charge is 0.244 e. The molecular formula is C21H23FN2O4S. The number of carbonyl (C=O) groups excluding carboxylic acids is 1. The molecule has 1 fully saturated rings. The number of morpholine rings is 1. The van der Waals surface area contributed by atoms with Crippen LogP contribution >= 0.6 is 0 Å². The molecule has 0 saturated carbocycles. The second-order valence-electron chi connectivity index (χ2n) is 6.59. The highest BCUT2D eigenvalue weighted by atomic mass is 32.2. The molecule has 2 aromatic carbocycles. The van der Waals surface area contributed by atoms with E-state index in [1.54, 1.807) is 30.3 Å². The van der Waals surface area contributed by atoms with E-state index in [4.69, 9.17) is 4.74 Å². The third-order valence-corrected chi connectivity index (χ3v) is 6.45. The fourth-order valence-corrected chi connectivity index (χ4v) is 4.31. The molecule has 154 valence electrons. The number of rotatable bonds is 7. The van der Waals surface area contributed by atoms with Crippen molar-refractivity contribution in [2.75, 3.05) is 32.8 Å². The van der Waals surface area contributed by atoms with E-state index in [0.29, 0.717) is 39.3 Å². The van der Waals surface area contributed by atoms with Gasteiger partial charge in [0.2, 0.25) is 15.9 Å². The van der Waals surface area contributed by atoms with Crippen LogP contribution in [0.15, 0.2) is 59.5 Å². The molecule has 3 rings (SSSR count). The molecule has 1 aliphatic rings. The molecule has 0 unspecified atom stereocenters. The van der Waals surface area contributed by atoms with Gasteiger partial charge in [0.25, 0.3) is 0 Å². The highest BCUT2D eigenvalue weighted by Gasteiger charge is 2.25. The third kappa shape index (κ3) is 5.96. The number of amides is 1. The molecule has 0 radical (unpaired) electrons. The summed E-state index contributed by atoms with van der Waals surface area (Å²) in [5.41, 5.74) is 1.66. The first-order valence-electron chi connectivity index (χ1n) is 9.33. The average Bonchev–Trinajstić information content (AvgIpc) is 2.74. The standard InChI is InChI=1S/C21H23FN2O4S/c22-19-6-1-18(2-7-19)11-12-23-21(25)10-5-17-3-8-20(9-4-17)29(26,27)24-13-15-28-16-14-24/h1-10H,11-16H2,(H,23,25)/b10-5+. The number of nitrogens with one attached hydrogen (secondary N) is 1. The predicted octanol–water partition coefficient (Wildman–Crippen LogP) is 2.22. The summed E-state index contributed by atoms with van der Waals surface area (Å²) >= 11 is 0. The van der Waals surface area contributed by atoms with Crippen molar-refractivity contribution >= 4 is 22.0 Å². The zero-order chi connectivity index (χ0) is 20.7. The Morgan fingerprint density at radius 2 is 1.72 bits per heavy atom. The lowest BCUT2D eigenvalue weighted by Crippen LogP contribution is -2.40. The van der Waals surface area contributed by atoms with Crippen LogP contribution in [0.5, 0.6) is 0 Å². The van der Waals surface area contributed by atoms with Gasteiger partial charge in [-0.05, 0) is 47.9 Å². The monoisotopic (exact) mass is 418 g/mol. The van der Waals surface area contributed by atoms with Gasteiger partial charge < -0.3 is 10.1 Å². The minimum Gasteiger partial charge on any atom is -0.379 e. The summed E-state index contributed by atoms with van der Waals surface area (Å²) in [6.07, 6.45) is 3.63. The van der Waals surface area contributed by atoms with Crippen LogP contribution in [0.1, 0.15) is 11.1 Å². The van der Waals surface area contributed by atoms with Gasteiger partial charge in [-0.1, -0.05) is 24.3 Å². The summed E-state index contributed by atoms with van der Waals surface area (Å²) in [5, 5.41) is 2.76. The molecular weight excluding hydrogens is 395 g/mol. The summed E-state index contributed by atoms with van der Waals surface area (Å²) < 4.78 is 44.6. The van der Waals surface area contributed by atoms with Gasteiger partial charge in [-0.15, -0.1) is 0 Å². The molecule has 1 N–H and O–H groups in total. The van der Waals surface area contributed by atoms with Crippen molar-refractivity contribution in [3.63, 3.8) is 0 Å². The fourth-order valence-electron chi connectivity index (χ4n) is 2.90. The Bertz CT molecular complexity index is 951. The van der Waals surface area contributed by atoms with E-state index in [0.717, 1.165) is 11.1 Å². The minimum absolute atomic E-state index is 0.222. The maximum Gasteiger partial charge on any atom is 0.244 e. The van der Waals surface area contributed by atoms with Gasteiger partial charge in [-0.25, -0.2) is 12.8 Å². The number of hydrogen-bond acceptors (Lipinski definition) is 4. The molecule has 1 aliphatic heterocycles. The Hall–Kier alpha value is -2.55. The van der Waals surface area contributed by atoms with Crippen LogP contribution in [0.25, 0.3) is 6.08 Å². The Morgan fingerprint density at radius 3 is 2.38 bits per heavy atom. The summed E-state index contributed by atoms with van der Waals surface area (Å²) in [6, 6.07) is 12.5. The van der Waals surface area contributed by atoms with E-state index in [1.165, 1.54) is 34.6 Å². The maximum atomic E-state index is 12.9. The van der Waals surface area contributed by atoms with Gasteiger partial charge in [-0.2, -0.15) is 4.31 Å². The molecule has 0 atom stereocenters. The average molecular weight is 418 g/mol. The number of benzene rings is 2. The van der Waals surface area contributed by atoms with Crippen molar-refractivity contribution in [3.05, 3.63) is 71.6 Å². The van der Waals surface area contributed by atoms with Crippen LogP contribution in [-0.4, -0.2) is 51.5 Å². The van der Waals surface area contributed by atoms with Gasteiger partial charge in [0.05, 0.1) is 18.1 Å². The van der Waals surface area contributed by atoms with Crippen molar-refractivity contribution < 1.29 is 22.3 Å². The molecule has 1 heterocycles. The lowest BCUT2D eigenvalue weighted by molar-refractivity contribution is -0.116. The molecule has 0 aromatic heterocycles. The van der Waals surface area contributed by atoms with E-state index in [1.807, 2.05) is 0 Å². The SMILES string of the molecule is O=C(/C=C/c1ccc(S(=O)(=O)N2CCOCC2)cc1)NCCc1ccc(F)cc1. The topological polar surface area (TPSA) is 75.7 Å². The van der Waals surface area contributed by atoms with Crippen LogP contribution in [0.2, 0.25) is 0 Å². The molecule has 0 bridgehead atoms. The highest BCUT2D eigenvalue weighted by Crippen LogP contribution is 2.18. The maximum absolute atomic E-state index is 12.9. The molecule has 1 saturated heterocycles. The van der Waals surface area contributed by atoms with E-state index in [-0.39, 0.29) is 16.6 Å². The van der Waals surface area contributed by atoms with Gasteiger partial charge in [0, 0.05) is 25.7 Å². The number of nitrogens with zero attached hydrogens (tertiary/aromatic N) is 1. The van der Waals surface area contributed by atoms with E-state index >= 15 is 0 Å². The number of sulfonamides is 1. The zero-order valence-electron chi connectivity index (χ0n) is 15.9. The molecule has 0 aliphatic carbocycles. The quantitative estimate of drug-likeness (QED) is 0.700. The molecule has 6 nitrogen and oxygen atoms in total. The molecule has 0 spiro atoms. The van der Waals surface area contributed by atoms with Crippen LogP contribution in [0.4, 0.5) is 4.39 Å². The predicted molar refractivity (Wildman–Crippen MR) is 108 cm³/mol. The van der Waals surface area contributed by atoms with Crippen molar-refractivity contribution in [3.8, 4) is 0 Å². The number of carbonyl (C=O) groups is 1. The Morgan fingerprint density at radius 1 is 1.07 bits per heavy atom. The fraction of sp³-hybridized carbons (Fsp3) is 0.286. The van der Waals surface area contributed by atoms with Crippen molar-refractivity contribution in [1.82, 2.24) is 9.62 Å². The highest BCUT2D eigenvalue weighted by molar-refractivity contribution is 7.89. The molecule has 8 heteroatoms. The molecule has 2 aromatic rings. The number of ether oxygens (including phenoxy) is 1. The van der Waals surface area contributed by atoms with Crippen LogP contribution < -0.4 is 5.32 Å². The normalized spacial score (nSPS) is 15.5. The first kappa shape index (κ1) is 21.2. The van der Waals surface area contributed by atoms with Gasteiger partial charge in [0.15, 0.2) is 0 Å². The largest absolute Gasteiger partial charge is 0.379 e. The summed E-state index contributed by atoms with van der Waals surface area (Å²) in [7, 11) is -3.52. The lowest BCUT2D eigenvalue weighted by Gasteiger charge is -2.26. The van der Waals surface area contributed by atoms with Gasteiger partial charge in [0.1, 0.15) is 5.82 Å². The van der Waals surface area contributed by atoms with Crippen LogP contribution in [0.3, 0.4) is 0 Å². The van der Waals surface area contributed by atoms with Gasteiger partial charge >= 0.3 is 0 Å². The second kappa shape index (κ2) is 9.78. The summed E-state index contributed by atoms with van der Waals surface area (Å²) in [6.45, 7) is 1.93. The van der Waals surface area contributed by atoms with E-state index in [9.17, 15) is 17.6 Å². The van der Waals surface area contributed by atoms with Crippen molar-refractivity contribution in [2.45, 2.75) is 11.3 Å². The molecule has 1 amide bonds. The summed E-state index contributed by atoms with van der Waals surface area (Å²) in [4.78, 5) is 12.1. The third-order valence-electron chi connectivity index (χ3n) is 4.54. The number of hydrogen-bond donors (Lipinski definition) is 1. The molecule has 29 heavy (non-hydrogen) atoms. The number of halogens is 1. The first-order valence-corrected chi connectivity index (χ1v) is 10.8.